The number of rotatable bonds is 5. The monoisotopic (exact) mass is 295 g/mol. The first kappa shape index (κ1) is 14.8. The fourth-order valence-electron chi connectivity index (χ4n) is 3.30. The molecule has 1 aliphatic rings. The van der Waals surface area contributed by atoms with Gasteiger partial charge in [-0.15, -0.1) is 0 Å². The number of hydroxylamine groups is 2. The molecule has 0 aliphatic carbocycles. The van der Waals surface area contributed by atoms with Gasteiger partial charge in [0.1, 0.15) is 0 Å². The summed E-state index contributed by atoms with van der Waals surface area (Å²) in [4.78, 5) is 12.2. The molecule has 1 heterocycles. The Balaban J connectivity index is 1.66. The fraction of sp³-hybridized carbons (Fsp3) is 0.316. The number of carbonyl (C=O) groups is 1. The summed E-state index contributed by atoms with van der Waals surface area (Å²) in [5.74, 6) is -0.160. The van der Waals surface area contributed by atoms with E-state index < -0.39 is 0 Å². The first-order chi connectivity index (χ1) is 10.8. The summed E-state index contributed by atoms with van der Waals surface area (Å²) in [6.07, 6.45) is 2.74. The Labute approximate surface area is 131 Å². The van der Waals surface area contributed by atoms with Gasteiger partial charge >= 0.3 is 0 Å². The molecule has 2 aromatic rings. The van der Waals surface area contributed by atoms with Crippen LogP contribution in [0.1, 0.15) is 29.9 Å². The quantitative estimate of drug-likeness (QED) is 0.856. The highest BCUT2D eigenvalue weighted by Gasteiger charge is 2.40. The SMILES string of the molecule is O=C1C(CCCc2ccccc2)C(c2ccccc2)CN1O. The summed E-state index contributed by atoms with van der Waals surface area (Å²) in [5, 5.41) is 10.7. The van der Waals surface area contributed by atoms with Crippen LogP contribution in [0.2, 0.25) is 0 Å². The molecule has 2 atom stereocenters. The van der Waals surface area contributed by atoms with Crippen molar-refractivity contribution in [1.29, 1.82) is 0 Å². The van der Waals surface area contributed by atoms with E-state index in [0.717, 1.165) is 29.9 Å². The van der Waals surface area contributed by atoms with E-state index >= 15 is 0 Å². The fourth-order valence-corrected chi connectivity index (χ4v) is 3.30. The maximum atomic E-state index is 12.2. The van der Waals surface area contributed by atoms with Crippen molar-refractivity contribution in [3.63, 3.8) is 0 Å². The smallest absolute Gasteiger partial charge is 0.249 e. The van der Waals surface area contributed by atoms with Gasteiger partial charge in [-0.1, -0.05) is 60.7 Å². The Morgan fingerprint density at radius 3 is 2.32 bits per heavy atom. The molecule has 0 spiro atoms. The van der Waals surface area contributed by atoms with E-state index in [-0.39, 0.29) is 17.7 Å². The zero-order chi connectivity index (χ0) is 15.4. The van der Waals surface area contributed by atoms with Crippen LogP contribution >= 0.6 is 0 Å². The predicted octanol–water partition coefficient (Wildman–Crippen LogP) is 3.64. The lowest BCUT2D eigenvalue weighted by atomic mass is 9.85. The topological polar surface area (TPSA) is 40.5 Å². The molecule has 0 saturated carbocycles. The van der Waals surface area contributed by atoms with E-state index in [4.69, 9.17) is 0 Å². The van der Waals surface area contributed by atoms with Gasteiger partial charge in [0.2, 0.25) is 5.91 Å². The van der Waals surface area contributed by atoms with E-state index in [1.807, 2.05) is 48.5 Å². The number of carbonyl (C=O) groups excluding carboxylic acids is 1. The maximum absolute atomic E-state index is 12.2. The van der Waals surface area contributed by atoms with Crippen LogP contribution in [0.15, 0.2) is 60.7 Å². The Morgan fingerprint density at radius 1 is 1.00 bits per heavy atom. The third-order valence-electron chi connectivity index (χ3n) is 4.48. The van der Waals surface area contributed by atoms with E-state index in [0.29, 0.717) is 6.54 Å². The second-order valence-electron chi connectivity index (χ2n) is 5.92. The summed E-state index contributed by atoms with van der Waals surface area (Å²) < 4.78 is 0. The molecule has 1 aliphatic heterocycles. The van der Waals surface area contributed by atoms with E-state index in [1.54, 1.807) is 0 Å². The number of hydrogen-bond donors (Lipinski definition) is 1. The Morgan fingerprint density at radius 2 is 1.64 bits per heavy atom. The molecule has 1 N–H and O–H groups in total. The van der Waals surface area contributed by atoms with E-state index in [2.05, 4.69) is 12.1 Å². The van der Waals surface area contributed by atoms with Crippen molar-refractivity contribution in [3.8, 4) is 0 Å². The summed E-state index contributed by atoms with van der Waals surface area (Å²) in [6, 6.07) is 20.4. The summed E-state index contributed by atoms with van der Waals surface area (Å²) >= 11 is 0. The van der Waals surface area contributed by atoms with Crippen LogP contribution in [0, 0.1) is 5.92 Å². The molecule has 3 rings (SSSR count). The molecule has 3 heteroatoms. The number of aryl methyl sites for hydroxylation is 1. The average Bonchev–Trinajstić information content (AvgIpc) is 2.85. The van der Waals surface area contributed by atoms with Gasteiger partial charge < -0.3 is 0 Å². The Hall–Kier alpha value is -2.13. The van der Waals surface area contributed by atoms with Crippen LogP contribution in [0.4, 0.5) is 0 Å². The first-order valence-corrected chi connectivity index (χ1v) is 7.85. The zero-order valence-electron chi connectivity index (χ0n) is 12.6. The van der Waals surface area contributed by atoms with Gasteiger partial charge in [0.05, 0.1) is 6.54 Å². The number of benzene rings is 2. The van der Waals surface area contributed by atoms with Crippen LogP contribution < -0.4 is 0 Å². The summed E-state index contributed by atoms with van der Waals surface area (Å²) in [6.45, 7) is 0.402. The Bertz CT molecular complexity index is 612. The lowest BCUT2D eigenvalue weighted by molar-refractivity contribution is -0.160. The molecule has 0 radical (unpaired) electrons. The van der Waals surface area contributed by atoms with Crippen LogP contribution in [0.5, 0.6) is 0 Å². The standard InChI is InChI=1S/C19H21NO2/c21-19-17(13-7-10-15-8-3-1-4-9-15)18(14-20(19)22)16-11-5-2-6-12-16/h1-6,8-9,11-12,17-18,22H,7,10,13-14H2. The van der Waals surface area contributed by atoms with E-state index in [1.165, 1.54) is 5.56 Å². The van der Waals surface area contributed by atoms with Gasteiger partial charge in [-0.05, 0) is 30.4 Å². The minimum Gasteiger partial charge on any atom is -0.286 e. The lowest BCUT2D eigenvalue weighted by Gasteiger charge is -2.16. The highest BCUT2D eigenvalue weighted by molar-refractivity contribution is 5.81. The third-order valence-corrected chi connectivity index (χ3v) is 4.48. The van der Waals surface area contributed by atoms with Crippen molar-refractivity contribution >= 4 is 5.91 Å². The van der Waals surface area contributed by atoms with E-state index in [9.17, 15) is 10.0 Å². The van der Waals surface area contributed by atoms with Crippen LogP contribution in [0.25, 0.3) is 0 Å². The number of amides is 1. The van der Waals surface area contributed by atoms with Crippen LogP contribution in [-0.2, 0) is 11.2 Å². The molecular formula is C19H21NO2. The largest absolute Gasteiger partial charge is 0.286 e. The minimum atomic E-state index is -0.137. The molecule has 0 bridgehead atoms. The number of hydrogen-bond acceptors (Lipinski definition) is 2. The average molecular weight is 295 g/mol. The van der Waals surface area contributed by atoms with Crippen molar-refractivity contribution in [2.24, 2.45) is 5.92 Å². The van der Waals surface area contributed by atoms with Crippen molar-refractivity contribution in [1.82, 2.24) is 5.06 Å². The van der Waals surface area contributed by atoms with Gasteiger partial charge in [0.25, 0.3) is 0 Å². The molecule has 2 unspecified atom stereocenters. The molecule has 3 nitrogen and oxygen atoms in total. The first-order valence-electron chi connectivity index (χ1n) is 7.85. The zero-order valence-corrected chi connectivity index (χ0v) is 12.6. The number of nitrogens with zero attached hydrogens (tertiary/aromatic N) is 1. The van der Waals surface area contributed by atoms with Gasteiger partial charge in [0.15, 0.2) is 0 Å². The lowest BCUT2D eigenvalue weighted by Crippen LogP contribution is -2.23. The van der Waals surface area contributed by atoms with Gasteiger partial charge in [0, 0.05) is 11.8 Å². The molecule has 22 heavy (non-hydrogen) atoms. The summed E-state index contributed by atoms with van der Waals surface area (Å²) in [5.41, 5.74) is 2.43. The van der Waals surface area contributed by atoms with Crippen molar-refractivity contribution in [2.75, 3.05) is 6.54 Å². The van der Waals surface area contributed by atoms with Crippen molar-refractivity contribution < 1.29 is 10.0 Å². The molecule has 1 amide bonds. The second kappa shape index (κ2) is 6.75. The summed E-state index contributed by atoms with van der Waals surface area (Å²) in [7, 11) is 0. The molecule has 114 valence electrons. The van der Waals surface area contributed by atoms with Crippen molar-refractivity contribution in [2.45, 2.75) is 25.2 Å². The normalized spacial score (nSPS) is 21.3. The highest BCUT2D eigenvalue weighted by atomic mass is 16.5. The Kier molecular flexibility index (Phi) is 4.54. The maximum Gasteiger partial charge on any atom is 0.249 e. The minimum absolute atomic E-state index is 0.0921. The predicted molar refractivity (Wildman–Crippen MR) is 85.6 cm³/mol. The second-order valence-corrected chi connectivity index (χ2v) is 5.92. The third kappa shape index (κ3) is 3.20. The molecular weight excluding hydrogens is 274 g/mol. The van der Waals surface area contributed by atoms with Gasteiger partial charge in [-0.3, -0.25) is 10.0 Å². The van der Waals surface area contributed by atoms with Crippen molar-refractivity contribution in [3.05, 3.63) is 71.8 Å². The molecule has 1 saturated heterocycles. The molecule has 2 aromatic carbocycles. The highest BCUT2D eigenvalue weighted by Crippen LogP contribution is 2.35. The van der Waals surface area contributed by atoms with Gasteiger partial charge in [-0.25, -0.2) is 5.06 Å². The van der Waals surface area contributed by atoms with Crippen LogP contribution in [0.3, 0.4) is 0 Å². The van der Waals surface area contributed by atoms with Crippen LogP contribution in [-0.4, -0.2) is 22.7 Å². The molecule has 1 fully saturated rings. The van der Waals surface area contributed by atoms with Gasteiger partial charge in [-0.2, -0.15) is 0 Å². The molecule has 0 aromatic heterocycles.